The summed E-state index contributed by atoms with van der Waals surface area (Å²) in [6, 6.07) is 7.84. The number of ether oxygens (including phenoxy) is 1. The van der Waals surface area contributed by atoms with Crippen LogP contribution in [0.2, 0.25) is 0 Å². The second kappa shape index (κ2) is 6.56. The largest absolute Gasteiger partial charge is 0.492 e. The van der Waals surface area contributed by atoms with Crippen LogP contribution in [0.25, 0.3) is 0 Å². The lowest BCUT2D eigenvalue weighted by Gasteiger charge is -2.07. The number of imidazole rings is 1. The molecule has 0 aliphatic heterocycles. The molecule has 2 aromatic rings. The third-order valence-electron chi connectivity index (χ3n) is 2.55. The molecule has 0 aliphatic rings. The molecule has 4 nitrogen and oxygen atoms in total. The van der Waals surface area contributed by atoms with Crippen LogP contribution < -0.4 is 10.1 Å². The highest BCUT2D eigenvalue weighted by atomic mass is 79.9. The van der Waals surface area contributed by atoms with E-state index in [1.807, 2.05) is 42.1 Å². The number of hydrogen-bond acceptors (Lipinski definition) is 3. The molecule has 0 bridgehead atoms. The van der Waals surface area contributed by atoms with E-state index >= 15 is 0 Å². The zero-order chi connectivity index (χ0) is 12.8. The summed E-state index contributed by atoms with van der Waals surface area (Å²) < 4.78 is 8.65. The van der Waals surface area contributed by atoms with Gasteiger partial charge in [0.2, 0.25) is 0 Å². The molecule has 18 heavy (non-hydrogen) atoms. The Balaban J connectivity index is 1.66. The quantitative estimate of drug-likeness (QED) is 0.833. The Bertz CT molecular complexity index is 498. The standard InChI is InChI=1S/C13H16BrN3O/c1-17-7-5-16-13(17)10-15-6-8-18-12-4-2-3-11(14)9-12/h2-5,7,9,15H,6,8,10H2,1H3. The van der Waals surface area contributed by atoms with E-state index in [2.05, 4.69) is 26.2 Å². The van der Waals surface area contributed by atoms with Crippen molar-refractivity contribution in [1.29, 1.82) is 0 Å². The van der Waals surface area contributed by atoms with Gasteiger partial charge in [-0.3, -0.25) is 0 Å². The Kier molecular flexibility index (Phi) is 4.78. The first-order chi connectivity index (χ1) is 8.75. The van der Waals surface area contributed by atoms with Gasteiger partial charge in [-0.25, -0.2) is 4.98 Å². The number of nitrogens with one attached hydrogen (secondary N) is 1. The fourth-order valence-corrected chi connectivity index (χ4v) is 1.94. The molecule has 1 N–H and O–H groups in total. The summed E-state index contributed by atoms with van der Waals surface area (Å²) in [5.74, 6) is 1.90. The number of aryl methyl sites for hydroxylation is 1. The summed E-state index contributed by atoms with van der Waals surface area (Å²) in [4.78, 5) is 4.24. The number of rotatable bonds is 6. The minimum atomic E-state index is 0.640. The molecule has 1 aromatic carbocycles. The molecule has 1 aromatic heterocycles. The van der Waals surface area contributed by atoms with Gasteiger partial charge in [0, 0.05) is 30.5 Å². The van der Waals surface area contributed by atoms with Gasteiger partial charge in [0.1, 0.15) is 18.2 Å². The highest BCUT2D eigenvalue weighted by Gasteiger charge is 1.98. The van der Waals surface area contributed by atoms with Crippen LogP contribution >= 0.6 is 15.9 Å². The fraction of sp³-hybridized carbons (Fsp3) is 0.308. The normalized spacial score (nSPS) is 10.6. The molecule has 5 heteroatoms. The molecule has 0 unspecified atom stereocenters. The van der Waals surface area contributed by atoms with Crippen molar-refractivity contribution in [2.45, 2.75) is 6.54 Å². The molecule has 96 valence electrons. The monoisotopic (exact) mass is 309 g/mol. The van der Waals surface area contributed by atoms with Crippen LogP contribution in [0.5, 0.6) is 5.75 Å². The lowest BCUT2D eigenvalue weighted by atomic mass is 10.3. The van der Waals surface area contributed by atoms with Crippen LogP contribution in [-0.4, -0.2) is 22.7 Å². The average molecular weight is 310 g/mol. The van der Waals surface area contributed by atoms with Crippen molar-refractivity contribution in [3.05, 3.63) is 47.0 Å². The van der Waals surface area contributed by atoms with E-state index in [1.165, 1.54) is 0 Å². The summed E-state index contributed by atoms with van der Waals surface area (Å²) in [5, 5.41) is 3.29. The predicted octanol–water partition coefficient (Wildman–Crippen LogP) is 2.35. The molecule has 0 radical (unpaired) electrons. The van der Waals surface area contributed by atoms with Crippen molar-refractivity contribution in [3.8, 4) is 5.75 Å². The van der Waals surface area contributed by atoms with Crippen molar-refractivity contribution in [2.75, 3.05) is 13.2 Å². The SMILES string of the molecule is Cn1ccnc1CNCCOc1cccc(Br)c1. The smallest absolute Gasteiger partial charge is 0.122 e. The van der Waals surface area contributed by atoms with E-state index in [4.69, 9.17) is 4.74 Å². The van der Waals surface area contributed by atoms with E-state index in [9.17, 15) is 0 Å². The Morgan fingerprint density at radius 3 is 3.06 bits per heavy atom. The minimum Gasteiger partial charge on any atom is -0.492 e. The van der Waals surface area contributed by atoms with Crippen LogP contribution in [0.3, 0.4) is 0 Å². The van der Waals surface area contributed by atoms with Crippen LogP contribution in [0.15, 0.2) is 41.1 Å². The van der Waals surface area contributed by atoms with Gasteiger partial charge in [0.25, 0.3) is 0 Å². The highest BCUT2D eigenvalue weighted by Crippen LogP contribution is 2.17. The molecule has 0 atom stereocenters. The van der Waals surface area contributed by atoms with Crippen molar-refractivity contribution in [3.63, 3.8) is 0 Å². The van der Waals surface area contributed by atoms with Gasteiger partial charge in [0.15, 0.2) is 0 Å². The van der Waals surface area contributed by atoms with Gasteiger partial charge in [-0.05, 0) is 18.2 Å². The van der Waals surface area contributed by atoms with E-state index in [1.54, 1.807) is 6.20 Å². The topological polar surface area (TPSA) is 39.1 Å². The molecule has 0 spiro atoms. The van der Waals surface area contributed by atoms with E-state index in [0.29, 0.717) is 6.61 Å². The second-order valence-electron chi connectivity index (χ2n) is 3.94. The molecule has 0 saturated carbocycles. The van der Waals surface area contributed by atoms with Crippen LogP contribution in [-0.2, 0) is 13.6 Å². The van der Waals surface area contributed by atoms with Gasteiger partial charge >= 0.3 is 0 Å². The van der Waals surface area contributed by atoms with Crippen LogP contribution in [0.1, 0.15) is 5.82 Å². The molecule has 2 rings (SSSR count). The number of aromatic nitrogens is 2. The third-order valence-corrected chi connectivity index (χ3v) is 3.04. The summed E-state index contributed by atoms with van der Waals surface area (Å²) in [7, 11) is 1.99. The number of hydrogen-bond donors (Lipinski definition) is 1. The van der Waals surface area contributed by atoms with Crippen molar-refractivity contribution < 1.29 is 4.74 Å². The maximum Gasteiger partial charge on any atom is 0.122 e. The summed E-state index contributed by atoms with van der Waals surface area (Å²) in [6.07, 6.45) is 3.74. The Morgan fingerprint density at radius 2 is 2.33 bits per heavy atom. The molecular formula is C13H16BrN3O. The molecule has 0 amide bonds. The minimum absolute atomic E-state index is 0.640. The first kappa shape index (κ1) is 13.1. The van der Waals surface area contributed by atoms with Gasteiger partial charge in [-0.15, -0.1) is 0 Å². The first-order valence-electron chi connectivity index (χ1n) is 5.81. The lowest BCUT2D eigenvalue weighted by Crippen LogP contribution is -2.22. The Morgan fingerprint density at radius 1 is 1.44 bits per heavy atom. The third kappa shape index (κ3) is 3.85. The second-order valence-corrected chi connectivity index (χ2v) is 4.85. The summed E-state index contributed by atoms with van der Waals surface area (Å²) in [5.41, 5.74) is 0. The number of halogens is 1. The van der Waals surface area contributed by atoms with Crippen LogP contribution in [0, 0.1) is 0 Å². The maximum absolute atomic E-state index is 5.62. The van der Waals surface area contributed by atoms with Gasteiger partial charge in [-0.2, -0.15) is 0 Å². The van der Waals surface area contributed by atoms with Crippen molar-refractivity contribution >= 4 is 15.9 Å². The highest BCUT2D eigenvalue weighted by molar-refractivity contribution is 9.10. The Labute approximate surface area is 115 Å². The van der Waals surface area contributed by atoms with Gasteiger partial charge in [0.05, 0.1) is 6.54 Å². The first-order valence-corrected chi connectivity index (χ1v) is 6.60. The Hall–Kier alpha value is -1.33. The average Bonchev–Trinajstić information content (AvgIpc) is 2.75. The zero-order valence-corrected chi connectivity index (χ0v) is 11.9. The number of nitrogens with zero attached hydrogens (tertiary/aromatic N) is 2. The fourth-order valence-electron chi connectivity index (χ4n) is 1.56. The van der Waals surface area contributed by atoms with Crippen molar-refractivity contribution in [1.82, 2.24) is 14.9 Å². The predicted molar refractivity (Wildman–Crippen MR) is 74.6 cm³/mol. The molecule has 0 fully saturated rings. The zero-order valence-electron chi connectivity index (χ0n) is 10.3. The van der Waals surface area contributed by atoms with E-state index < -0.39 is 0 Å². The van der Waals surface area contributed by atoms with E-state index in [0.717, 1.165) is 29.1 Å². The van der Waals surface area contributed by atoms with Crippen molar-refractivity contribution in [2.24, 2.45) is 7.05 Å². The molecule has 0 saturated heterocycles. The molecule has 0 aliphatic carbocycles. The molecular weight excluding hydrogens is 294 g/mol. The summed E-state index contributed by atoms with van der Waals surface area (Å²) in [6.45, 7) is 2.19. The van der Waals surface area contributed by atoms with Gasteiger partial charge < -0.3 is 14.6 Å². The summed E-state index contributed by atoms with van der Waals surface area (Å²) >= 11 is 3.41. The lowest BCUT2D eigenvalue weighted by molar-refractivity contribution is 0.312. The molecule has 1 heterocycles. The van der Waals surface area contributed by atoms with Crippen LogP contribution in [0.4, 0.5) is 0 Å². The van der Waals surface area contributed by atoms with E-state index in [-0.39, 0.29) is 0 Å². The number of benzene rings is 1. The van der Waals surface area contributed by atoms with Gasteiger partial charge in [-0.1, -0.05) is 22.0 Å². The maximum atomic E-state index is 5.62.